The summed E-state index contributed by atoms with van der Waals surface area (Å²) in [7, 11) is 0. The highest BCUT2D eigenvalue weighted by molar-refractivity contribution is 14.0. The largest absolute Gasteiger partial charge is 0.444 e. The third-order valence-electron chi connectivity index (χ3n) is 21.9. The minimum atomic E-state index is -0.750. The number of amides is 1. The number of carbonyl (C=O) groups excluding carboxylic acids is 4. The Morgan fingerprint density at radius 1 is 0.783 bits per heavy atom. The fourth-order valence-electron chi connectivity index (χ4n) is 18.0. The van der Waals surface area contributed by atoms with Crippen molar-refractivity contribution >= 4 is 59.8 Å². The third-order valence-corrected chi connectivity index (χ3v) is 21.9. The van der Waals surface area contributed by atoms with Crippen molar-refractivity contribution in [2.45, 2.75) is 210 Å². The summed E-state index contributed by atoms with van der Waals surface area (Å²) in [5.41, 5.74) is 7.06. The zero-order valence-electron chi connectivity index (χ0n) is 51.9. The van der Waals surface area contributed by atoms with Crippen LogP contribution in [0.1, 0.15) is 199 Å². The fourth-order valence-corrected chi connectivity index (χ4v) is 18.0. The van der Waals surface area contributed by atoms with Crippen LogP contribution >= 0.6 is 36.4 Å². The maximum atomic E-state index is 12.8. The molecule has 0 unspecified atom stereocenters. The summed E-state index contributed by atoms with van der Waals surface area (Å²) in [5.74, 6) is 17.1. The maximum Gasteiger partial charge on any atom is 0.407 e. The predicted octanol–water partition coefficient (Wildman–Crippen LogP) is 14.7. The number of rotatable bonds is 3. The van der Waals surface area contributed by atoms with Crippen molar-refractivity contribution in [1.82, 2.24) is 5.32 Å². The quantitative estimate of drug-likeness (QED) is 0.0921. The number of carbonyl (C=O) groups is 4. The molecular weight excluding hydrogens is 1170 g/mol. The van der Waals surface area contributed by atoms with Gasteiger partial charge in [-0.15, -0.1) is 54.6 Å². The van der Waals surface area contributed by atoms with E-state index < -0.39 is 21.8 Å². The van der Waals surface area contributed by atoms with Crippen molar-refractivity contribution < 1.29 is 33.4 Å². The van der Waals surface area contributed by atoms with Gasteiger partial charge in [-0.1, -0.05) is 98.3 Å². The smallest absolute Gasteiger partial charge is 0.407 e. The van der Waals surface area contributed by atoms with Crippen LogP contribution in [0.2, 0.25) is 0 Å². The van der Waals surface area contributed by atoms with Crippen LogP contribution < -0.4 is 11.1 Å². The van der Waals surface area contributed by atoms with Gasteiger partial charge in [0.1, 0.15) is 17.5 Å². The lowest BCUT2D eigenvalue weighted by Gasteiger charge is -2.64. The van der Waals surface area contributed by atoms with Gasteiger partial charge in [-0.25, -0.2) is 9.64 Å². The van der Waals surface area contributed by atoms with E-state index in [1.54, 1.807) is 17.7 Å². The van der Waals surface area contributed by atoms with Gasteiger partial charge in [0.15, 0.2) is 17.4 Å². The Bertz CT molecular complexity index is 3020. The molecule has 5 saturated carbocycles. The summed E-state index contributed by atoms with van der Waals surface area (Å²) in [6, 6.07) is 1.99. The van der Waals surface area contributed by atoms with E-state index >= 15 is 0 Å². The Kier molecular flexibility index (Phi) is 20.2. The number of terminal acetylenes is 1. The Hall–Kier alpha value is -4.46. The van der Waals surface area contributed by atoms with Crippen molar-refractivity contribution in [3.63, 3.8) is 0 Å². The second kappa shape index (κ2) is 24.7. The topological polar surface area (TPSA) is 162 Å². The molecule has 11 nitrogen and oxygen atoms in total. The second-order valence-electron chi connectivity index (χ2n) is 28.6. The van der Waals surface area contributed by atoms with E-state index in [4.69, 9.17) is 32.9 Å². The number of ether oxygens (including phenoxy) is 3. The third kappa shape index (κ3) is 11.8. The molecule has 450 valence electrons. The first-order chi connectivity index (χ1) is 38.0. The van der Waals surface area contributed by atoms with Crippen LogP contribution in [0.3, 0.4) is 0 Å². The fraction of sp³-hybridized carbons (Fsp3) is 0.686. The molecule has 0 aromatic rings. The zero-order valence-corrected chi connectivity index (χ0v) is 55.0. The Balaban J connectivity index is 0.000000199. The molecule has 83 heavy (non-hydrogen) atoms. The second-order valence-corrected chi connectivity index (χ2v) is 28.6. The minimum absolute atomic E-state index is 0. The molecule has 0 radical (unpaired) electrons. The van der Waals surface area contributed by atoms with Crippen LogP contribution in [-0.2, 0) is 28.6 Å². The molecule has 1 heterocycles. The number of nitrogens with two attached hydrogens (primary N) is 1. The Morgan fingerprint density at radius 2 is 1.37 bits per heavy atom. The van der Waals surface area contributed by atoms with E-state index in [-0.39, 0.29) is 110 Å². The van der Waals surface area contributed by atoms with Crippen LogP contribution in [0.4, 0.5) is 4.79 Å². The van der Waals surface area contributed by atoms with Crippen molar-refractivity contribution in [2.24, 2.45) is 72.2 Å². The van der Waals surface area contributed by atoms with Gasteiger partial charge in [0.25, 0.3) is 0 Å². The molecule has 1 spiro atoms. The maximum absolute atomic E-state index is 12.8. The van der Waals surface area contributed by atoms with Crippen LogP contribution in [0, 0.1) is 120 Å². The number of hydrogen-bond donors (Lipinski definition) is 2. The number of allylic oxidation sites excluding steroid dienone is 10. The van der Waals surface area contributed by atoms with Gasteiger partial charge in [0.05, 0.1) is 41.6 Å². The molecule has 13 heteroatoms. The first-order valence-corrected chi connectivity index (χ1v) is 30.4. The summed E-state index contributed by atoms with van der Waals surface area (Å²) >= 11 is 0. The van der Waals surface area contributed by atoms with Gasteiger partial charge >= 0.3 is 6.09 Å². The molecular formula is C70H94ClIN4O7. The Morgan fingerprint density at radius 3 is 1.99 bits per heavy atom. The molecule has 9 aliphatic carbocycles. The van der Waals surface area contributed by atoms with Gasteiger partial charge in [-0.3, -0.25) is 9.59 Å². The Labute approximate surface area is 521 Å². The van der Waals surface area contributed by atoms with Crippen LogP contribution in [0.5, 0.6) is 0 Å². The molecule has 1 saturated heterocycles. The van der Waals surface area contributed by atoms with Gasteiger partial charge in [0.2, 0.25) is 5.70 Å². The average Bonchev–Trinajstić information content (AvgIpc) is 1.45. The summed E-state index contributed by atoms with van der Waals surface area (Å²) in [6.45, 7) is 35.1. The molecule has 0 aromatic carbocycles. The lowest BCUT2D eigenvalue weighted by Crippen LogP contribution is -2.61. The lowest BCUT2D eigenvalue weighted by molar-refractivity contribution is -0.284. The van der Waals surface area contributed by atoms with Crippen molar-refractivity contribution in [3.8, 4) is 42.1 Å². The van der Waals surface area contributed by atoms with Crippen molar-refractivity contribution in [2.75, 3.05) is 26.3 Å². The van der Waals surface area contributed by atoms with Gasteiger partial charge in [0, 0.05) is 60.4 Å². The SMILES string of the molecule is C#C[C@]12CCCC=C1[C@@]1(C)CCC3(OCCO3)C(C)(C)[C@@H]1CC2.CC(C)(C)OC(=O)NCCC#C[C@]12CCCC=C1[C@@]1(C)CCC(=O)C(C)(C)[C@@H]1CC2.Cl.I.[C-]#[N+]C1=C[C@]2(C)C3=CC(=O)C(C#N)=C[C@]3(C#CCCN)CC[C@H]2C(C)(C)C1=O. The molecule has 1 amide bonds. The van der Waals surface area contributed by atoms with Crippen LogP contribution in [-0.4, -0.2) is 61.1 Å². The van der Waals surface area contributed by atoms with E-state index in [1.807, 2.05) is 47.6 Å². The number of nitrogens with one attached hydrogen (secondary N) is 1. The number of alkyl carbamates (subject to hydrolysis) is 1. The number of nitrogens with zero attached hydrogens (tertiary/aromatic N) is 2. The van der Waals surface area contributed by atoms with Crippen LogP contribution in [0.25, 0.3) is 4.85 Å². The number of halogens is 2. The molecule has 6 fully saturated rings. The average molecular weight is 1270 g/mol. The highest BCUT2D eigenvalue weighted by Crippen LogP contribution is 2.70. The molecule has 9 atom stereocenters. The van der Waals surface area contributed by atoms with Crippen LogP contribution in [0.15, 0.2) is 58.4 Å². The lowest BCUT2D eigenvalue weighted by atomic mass is 9.43. The summed E-state index contributed by atoms with van der Waals surface area (Å²) in [4.78, 5) is 53.3. The standard InChI is InChI=1S/C26H39NO3.C23H23N3O2.C21H30O2.ClH.HI/c1-23(2,3)30-22(29)27-18-10-9-15-26-14-8-7-11-20(26)25(6)16-13-21(28)24(4,5)19(25)12-17-26;1-21(2)18-7-9-23(8-5-6-10-24)12-15(14-25)17(27)11-19(23)22(18,3)13-16(26-4)20(21)28;1-5-20-10-7-6-8-17(20)19(4)12-13-21(22-14-15-23-21)18(2,3)16(19)9-11-20;;/h11,19H,7-8,10,12-14,16-18H2,1-6H3,(H,27,29);11-13,18H,6-7,9-10,24H2,1-3H3;1,8,16H,6-7,9-15H2,2-4H3;2*1H/t19-,25-,26-;18-,22-,23-;16-,19-,20+;;/m000../s1. The van der Waals surface area contributed by atoms with E-state index in [2.05, 4.69) is 93.5 Å². The molecule has 0 bridgehead atoms. The first-order valence-electron chi connectivity index (χ1n) is 30.4. The monoisotopic (exact) mass is 1260 g/mol. The summed E-state index contributed by atoms with van der Waals surface area (Å²) in [6.07, 6.45) is 33.3. The number of hydrogen-bond acceptors (Lipinski definition) is 9. The van der Waals surface area contributed by atoms with E-state index in [1.165, 1.54) is 43.8 Å². The van der Waals surface area contributed by atoms with Crippen molar-refractivity contribution in [3.05, 3.63) is 69.8 Å². The number of nitriles is 1. The van der Waals surface area contributed by atoms with Gasteiger partial charge in [-0.05, 0) is 168 Å². The highest BCUT2D eigenvalue weighted by Gasteiger charge is 2.66. The van der Waals surface area contributed by atoms with E-state index in [9.17, 15) is 24.4 Å². The van der Waals surface area contributed by atoms with E-state index in [0.717, 1.165) is 70.2 Å². The zero-order chi connectivity index (χ0) is 59.3. The van der Waals surface area contributed by atoms with Gasteiger partial charge < -0.3 is 30.1 Å². The molecule has 0 aromatic heterocycles. The number of Topliss-reactive ketones (excluding diaryl/α,β-unsaturated/α-hetero) is 2. The molecule has 10 aliphatic rings. The normalized spacial score (nSPS) is 35.1. The van der Waals surface area contributed by atoms with Gasteiger partial charge in [-0.2, -0.15) is 5.26 Å². The van der Waals surface area contributed by atoms with Crippen molar-refractivity contribution in [1.29, 1.82) is 5.26 Å². The summed E-state index contributed by atoms with van der Waals surface area (Å²) in [5, 5.41) is 12.2. The number of ketones is 3. The summed E-state index contributed by atoms with van der Waals surface area (Å²) < 4.78 is 17.7. The highest BCUT2D eigenvalue weighted by atomic mass is 127. The molecule has 3 N–H and O–H groups in total. The molecule has 10 rings (SSSR count). The first kappa shape index (κ1) is 67.7. The molecule has 1 aliphatic heterocycles. The minimum Gasteiger partial charge on any atom is -0.444 e. The van der Waals surface area contributed by atoms with E-state index in [0.29, 0.717) is 62.8 Å². The predicted molar refractivity (Wildman–Crippen MR) is 339 cm³/mol. The number of fused-ring (bicyclic) bond motifs is 9.